The lowest BCUT2D eigenvalue weighted by atomic mass is 10.4. The SMILES string of the molecule is CCOCCOCC(O)CNCCOCC1CC1. The van der Waals surface area contributed by atoms with Crippen molar-refractivity contribution in [3.8, 4) is 0 Å². The van der Waals surface area contributed by atoms with Crippen molar-refractivity contribution in [3.63, 3.8) is 0 Å². The molecule has 0 radical (unpaired) electrons. The Morgan fingerprint density at radius 3 is 2.67 bits per heavy atom. The zero-order valence-corrected chi connectivity index (χ0v) is 11.4. The largest absolute Gasteiger partial charge is 0.389 e. The predicted molar refractivity (Wildman–Crippen MR) is 69.7 cm³/mol. The zero-order valence-electron chi connectivity index (χ0n) is 11.4. The molecule has 0 aromatic carbocycles. The molecule has 1 atom stereocenters. The second-order valence-electron chi connectivity index (χ2n) is 4.65. The van der Waals surface area contributed by atoms with E-state index < -0.39 is 6.10 Å². The van der Waals surface area contributed by atoms with Gasteiger partial charge in [-0.25, -0.2) is 0 Å². The standard InChI is InChI=1S/C13H27NO4/c1-2-16-7-8-18-11-13(15)9-14-5-6-17-10-12-3-4-12/h12-15H,2-11H2,1H3. The van der Waals surface area contributed by atoms with Gasteiger partial charge < -0.3 is 24.6 Å². The Hall–Kier alpha value is -0.200. The monoisotopic (exact) mass is 261 g/mol. The molecule has 0 heterocycles. The highest BCUT2D eigenvalue weighted by molar-refractivity contribution is 4.72. The molecular weight excluding hydrogens is 234 g/mol. The van der Waals surface area contributed by atoms with Crippen LogP contribution in [0.2, 0.25) is 0 Å². The van der Waals surface area contributed by atoms with Crippen LogP contribution in [0.1, 0.15) is 19.8 Å². The van der Waals surface area contributed by atoms with Crippen molar-refractivity contribution in [3.05, 3.63) is 0 Å². The first kappa shape index (κ1) is 15.9. The van der Waals surface area contributed by atoms with Crippen molar-refractivity contribution < 1.29 is 19.3 Å². The van der Waals surface area contributed by atoms with E-state index in [9.17, 15) is 5.11 Å². The molecule has 108 valence electrons. The lowest BCUT2D eigenvalue weighted by Crippen LogP contribution is -2.32. The zero-order chi connectivity index (χ0) is 13.1. The number of hydrogen-bond acceptors (Lipinski definition) is 5. The molecule has 0 aliphatic heterocycles. The summed E-state index contributed by atoms with van der Waals surface area (Å²) in [7, 11) is 0. The average molecular weight is 261 g/mol. The molecule has 0 bridgehead atoms. The summed E-state index contributed by atoms with van der Waals surface area (Å²) in [5, 5.41) is 12.7. The third-order valence-corrected chi connectivity index (χ3v) is 2.74. The fraction of sp³-hybridized carbons (Fsp3) is 1.00. The summed E-state index contributed by atoms with van der Waals surface area (Å²) in [5.41, 5.74) is 0. The molecular formula is C13H27NO4. The Morgan fingerprint density at radius 2 is 1.94 bits per heavy atom. The maximum absolute atomic E-state index is 9.59. The summed E-state index contributed by atoms with van der Waals surface area (Å²) in [6.45, 7) is 7.06. The van der Waals surface area contributed by atoms with Crippen LogP contribution < -0.4 is 5.32 Å². The van der Waals surface area contributed by atoms with Crippen LogP contribution in [-0.4, -0.2) is 63.9 Å². The van der Waals surface area contributed by atoms with Crippen molar-refractivity contribution in [2.24, 2.45) is 5.92 Å². The molecule has 0 spiro atoms. The van der Waals surface area contributed by atoms with Gasteiger partial charge in [0.1, 0.15) is 0 Å². The third kappa shape index (κ3) is 9.79. The van der Waals surface area contributed by atoms with Crippen molar-refractivity contribution >= 4 is 0 Å². The first-order valence-corrected chi connectivity index (χ1v) is 6.95. The summed E-state index contributed by atoms with van der Waals surface area (Å²) < 4.78 is 15.9. The summed E-state index contributed by atoms with van der Waals surface area (Å²) in [6, 6.07) is 0. The van der Waals surface area contributed by atoms with Gasteiger partial charge in [-0.1, -0.05) is 0 Å². The number of ether oxygens (including phenoxy) is 3. The quantitative estimate of drug-likeness (QED) is 0.470. The van der Waals surface area contributed by atoms with E-state index in [1.807, 2.05) is 6.92 Å². The lowest BCUT2D eigenvalue weighted by molar-refractivity contribution is 0.00594. The van der Waals surface area contributed by atoms with Gasteiger partial charge in [0, 0.05) is 26.3 Å². The van der Waals surface area contributed by atoms with Crippen LogP contribution in [0.5, 0.6) is 0 Å². The molecule has 1 fully saturated rings. The highest BCUT2D eigenvalue weighted by Gasteiger charge is 2.20. The molecule has 1 rings (SSSR count). The second-order valence-corrected chi connectivity index (χ2v) is 4.65. The Kier molecular flexibility index (Phi) is 9.42. The normalized spacial score (nSPS) is 17.0. The van der Waals surface area contributed by atoms with Crippen molar-refractivity contribution in [2.45, 2.75) is 25.9 Å². The molecule has 0 saturated heterocycles. The first-order valence-electron chi connectivity index (χ1n) is 6.95. The van der Waals surface area contributed by atoms with E-state index in [2.05, 4.69) is 5.32 Å². The van der Waals surface area contributed by atoms with E-state index in [0.29, 0.717) is 39.6 Å². The van der Waals surface area contributed by atoms with Crippen LogP contribution in [-0.2, 0) is 14.2 Å². The number of nitrogens with one attached hydrogen (secondary N) is 1. The molecule has 0 aromatic heterocycles. The predicted octanol–water partition coefficient (Wildman–Crippen LogP) is 0.417. The van der Waals surface area contributed by atoms with Crippen molar-refractivity contribution in [2.75, 3.05) is 52.7 Å². The van der Waals surface area contributed by atoms with Gasteiger partial charge in [0.15, 0.2) is 0 Å². The first-order chi connectivity index (χ1) is 8.83. The maximum Gasteiger partial charge on any atom is 0.0897 e. The van der Waals surface area contributed by atoms with E-state index in [1.165, 1.54) is 12.8 Å². The van der Waals surface area contributed by atoms with Crippen molar-refractivity contribution in [1.29, 1.82) is 0 Å². The van der Waals surface area contributed by atoms with Gasteiger partial charge in [-0.3, -0.25) is 0 Å². The molecule has 18 heavy (non-hydrogen) atoms. The summed E-state index contributed by atoms with van der Waals surface area (Å²) >= 11 is 0. The molecule has 5 nitrogen and oxygen atoms in total. The maximum atomic E-state index is 9.59. The van der Waals surface area contributed by atoms with E-state index in [1.54, 1.807) is 0 Å². The van der Waals surface area contributed by atoms with Gasteiger partial charge in [-0.2, -0.15) is 0 Å². The van der Waals surface area contributed by atoms with E-state index in [4.69, 9.17) is 14.2 Å². The smallest absolute Gasteiger partial charge is 0.0897 e. The van der Waals surface area contributed by atoms with E-state index in [-0.39, 0.29) is 0 Å². The minimum absolute atomic E-state index is 0.350. The van der Waals surface area contributed by atoms with Gasteiger partial charge in [0.05, 0.1) is 32.5 Å². The molecule has 2 N–H and O–H groups in total. The Morgan fingerprint density at radius 1 is 1.17 bits per heavy atom. The summed E-state index contributed by atoms with van der Waals surface area (Å²) in [4.78, 5) is 0. The topological polar surface area (TPSA) is 60.0 Å². The summed E-state index contributed by atoms with van der Waals surface area (Å²) in [5.74, 6) is 0.814. The highest BCUT2D eigenvalue weighted by Crippen LogP contribution is 2.28. The van der Waals surface area contributed by atoms with Crippen LogP contribution in [0.15, 0.2) is 0 Å². The Labute approximate surface area is 110 Å². The lowest BCUT2D eigenvalue weighted by Gasteiger charge is -2.12. The molecule has 1 aliphatic carbocycles. The minimum Gasteiger partial charge on any atom is -0.389 e. The van der Waals surface area contributed by atoms with Crippen LogP contribution in [0.3, 0.4) is 0 Å². The van der Waals surface area contributed by atoms with Crippen LogP contribution in [0, 0.1) is 5.92 Å². The van der Waals surface area contributed by atoms with Crippen LogP contribution in [0.25, 0.3) is 0 Å². The summed E-state index contributed by atoms with van der Waals surface area (Å²) in [6.07, 6.45) is 2.19. The molecule has 0 aromatic rings. The molecule has 1 saturated carbocycles. The van der Waals surface area contributed by atoms with Gasteiger partial charge in [0.25, 0.3) is 0 Å². The number of rotatable bonds is 13. The van der Waals surface area contributed by atoms with Gasteiger partial charge >= 0.3 is 0 Å². The number of aliphatic hydroxyl groups is 1. The Bertz CT molecular complexity index is 188. The molecule has 1 unspecified atom stereocenters. The second kappa shape index (κ2) is 10.7. The number of aliphatic hydroxyl groups excluding tert-OH is 1. The minimum atomic E-state index is -0.463. The molecule has 1 aliphatic rings. The average Bonchev–Trinajstić information content (AvgIpc) is 3.17. The highest BCUT2D eigenvalue weighted by atomic mass is 16.5. The van der Waals surface area contributed by atoms with Gasteiger partial charge in [-0.05, 0) is 25.7 Å². The fourth-order valence-corrected chi connectivity index (χ4v) is 1.49. The van der Waals surface area contributed by atoms with Gasteiger partial charge in [-0.15, -0.1) is 0 Å². The molecule has 0 amide bonds. The van der Waals surface area contributed by atoms with E-state index in [0.717, 1.165) is 19.1 Å². The fourth-order valence-electron chi connectivity index (χ4n) is 1.49. The molecule has 5 heteroatoms. The van der Waals surface area contributed by atoms with E-state index >= 15 is 0 Å². The third-order valence-electron chi connectivity index (χ3n) is 2.74. The van der Waals surface area contributed by atoms with Crippen LogP contribution >= 0.6 is 0 Å². The van der Waals surface area contributed by atoms with Gasteiger partial charge in [0.2, 0.25) is 0 Å². The van der Waals surface area contributed by atoms with Crippen LogP contribution in [0.4, 0.5) is 0 Å². The van der Waals surface area contributed by atoms with Crippen molar-refractivity contribution in [1.82, 2.24) is 5.32 Å². The Balaban J connectivity index is 1.73. The number of hydrogen-bond donors (Lipinski definition) is 2.